The Kier molecular flexibility index (Phi) is 5.30. The molecule has 3 aromatic rings. The van der Waals surface area contributed by atoms with E-state index in [9.17, 15) is 9.59 Å². The second kappa shape index (κ2) is 7.64. The van der Waals surface area contributed by atoms with Crippen molar-refractivity contribution in [3.8, 4) is 17.0 Å². The number of rotatable bonds is 4. The van der Waals surface area contributed by atoms with E-state index in [1.807, 2.05) is 0 Å². The Bertz CT molecular complexity index is 1010. The SMILES string of the molecule is COc1ccc(Cl)cc1NC(=O)c1ccc(-c2ccc(Cl)cc2)[nH]c1=O. The first kappa shape index (κ1) is 18.0. The van der Waals surface area contributed by atoms with Gasteiger partial charge in [0.1, 0.15) is 11.3 Å². The molecule has 0 spiro atoms. The number of methoxy groups -OCH3 is 1. The van der Waals surface area contributed by atoms with Crippen molar-refractivity contribution in [3.63, 3.8) is 0 Å². The van der Waals surface area contributed by atoms with Crippen molar-refractivity contribution in [2.75, 3.05) is 12.4 Å². The molecule has 5 nitrogen and oxygen atoms in total. The highest BCUT2D eigenvalue weighted by atomic mass is 35.5. The summed E-state index contributed by atoms with van der Waals surface area (Å²) in [5.74, 6) is -0.119. The lowest BCUT2D eigenvalue weighted by Crippen LogP contribution is -2.23. The summed E-state index contributed by atoms with van der Waals surface area (Å²) in [5, 5.41) is 3.68. The van der Waals surface area contributed by atoms with Crippen LogP contribution in [0.1, 0.15) is 10.4 Å². The molecule has 132 valence electrons. The first-order valence-electron chi connectivity index (χ1n) is 7.62. The van der Waals surface area contributed by atoms with Crippen molar-refractivity contribution < 1.29 is 9.53 Å². The Morgan fingerprint density at radius 1 is 1.00 bits per heavy atom. The molecule has 3 rings (SSSR count). The molecule has 0 saturated heterocycles. The van der Waals surface area contributed by atoms with Gasteiger partial charge in [0.15, 0.2) is 0 Å². The van der Waals surface area contributed by atoms with Gasteiger partial charge in [-0.1, -0.05) is 35.3 Å². The van der Waals surface area contributed by atoms with Gasteiger partial charge in [-0.25, -0.2) is 0 Å². The number of benzene rings is 2. The number of nitrogens with one attached hydrogen (secondary N) is 2. The fourth-order valence-corrected chi connectivity index (χ4v) is 2.72. The molecule has 7 heteroatoms. The number of hydrogen-bond acceptors (Lipinski definition) is 3. The number of aromatic nitrogens is 1. The van der Waals surface area contributed by atoms with Gasteiger partial charge in [0, 0.05) is 15.7 Å². The van der Waals surface area contributed by atoms with Crippen molar-refractivity contribution in [1.82, 2.24) is 4.98 Å². The number of halogens is 2. The second-order valence-electron chi connectivity index (χ2n) is 5.42. The molecule has 1 heterocycles. The van der Waals surface area contributed by atoms with Gasteiger partial charge in [-0.05, 0) is 48.0 Å². The molecule has 2 N–H and O–H groups in total. The molecule has 0 aliphatic rings. The largest absolute Gasteiger partial charge is 0.495 e. The van der Waals surface area contributed by atoms with Gasteiger partial charge in [-0.15, -0.1) is 0 Å². The normalized spacial score (nSPS) is 10.4. The van der Waals surface area contributed by atoms with E-state index in [0.29, 0.717) is 27.2 Å². The standard InChI is InChI=1S/C19H14Cl2N2O3/c1-26-17-9-6-13(21)10-16(17)23-19(25)14-7-8-15(22-18(14)24)11-2-4-12(20)5-3-11/h2-10H,1H3,(H,22,24)(H,23,25). The third-order valence-corrected chi connectivity index (χ3v) is 4.21. The summed E-state index contributed by atoms with van der Waals surface area (Å²) in [6, 6.07) is 15.0. The van der Waals surface area contributed by atoms with Crippen LogP contribution >= 0.6 is 23.2 Å². The van der Waals surface area contributed by atoms with E-state index in [1.165, 1.54) is 13.2 Å². The summed E-state index contributed by atoms with van der Waals surface area (Å²) in [6.07, 6.45) is 0. The van der Waals surface area contributed by atoms with Gasteiger partial charge >= 0.3 is 0 Å². The Balaban J connectivity index is 1.88. The van der Waals surface area contributed by atoms with Crippen LogP contribution in [-0.2, 0) is 0 Å². The van der Waals surface area contributed by atoms with Crippen LogP contribution in [0.25, 0.3) is 11.3 Å². The maximum absolute atomic E-state index is 12.5. The highest BCUT2D eigenvalue weighted by Crippen LogP contribution is 2.28. The zero-order valence-corrected chi connectivity index (χ0v) is 15.2. The fourth-order valence-electron chi connectivity index (χ4n) is 2.42. The minimum atomic E-state index is -0.561. The van der Waals surface area contributed by atoms with Crippen LogP contribution in [0.5, 0.6) is 5.75 Å². The monoisotopic (exact) mass is 388 g/mol. The highest BCUT2D eigenvalue weighted by molar-refractivity contribution is 6.31. The van der Waals surface area contributed by atoms with E-state index in [0.717, 1.165) is 5.56 Å². The average Bonchev–Trinajstić information content (AvgIpc) is 2.62. The van der Waals surface area contributed by atoms with E-state index in [4.69, 9.17) is 27.9 Å². The first-order valence-corrected chi connectivity index (χ1v) is 8.37. The molecule has 2 aromatic carbocycles. The third kappa shape index (κ3) is 3.90. The van der Waals surface area contributed by atoms with Crippen LogP contribution in [0.4, 0.5) is 5.69 Å². The van der Waals surface area contributed by atoms with E-state index in [1.54, 1.807) is 48.5 Å². The van der Waals surface area contributed by atoms with Gasteiger partial charge in [0.2, 0.25) is 0 Å². The summed E-state index contributed by atoms with van der Waals surface area (Å²) in [4.78, 5) is 27.5. The van der Waals surface area contributed by atoms with Gasteiger partial charge in [-0.3, -0.25) is 9.59 Å². The van der Waals surface area contributed by atoms with Crippen LogP contribution in [0.3, 0.4) is 0 Å². The summed E-state index contributed by atoms with van der Waals surface area (Å²) >= 11 is 11.8. The molecular weight excluding hydrogens is 375 g/mol. The van der Waals surface area contributed by atoms with Crippen molar-refractivity contribution in [1.29, 1.82) is 0 Å². The Morgan fingerprint density at radius 3 is 2.35 bits per heavy atom. The average molecular weight is 389 g/mol. The number of aromatic amines is 1. The third-order valence-electron chi connectivity index (χ3n) is 3.72. The number of anilines is 1. The van der Waals surface area contributed by atoms with Crippen molar-refractivity contribution in [2.45, 2.75) is 0 Å². The Morgan fingerprint density at radius 2 is 1.69 bits per heavy atom. The van der Waals surface area contributed by atoms with Crippen LogP contribution in [-0.4, -0.2) is 18.0 Å². The number of pyridine rings is 1. The smallest absolute Gasteiger partial charge is 0.261 e. The van der Waals surface area contributed by atoms with Gasteiger partial charge in [-0.2, -0.15) is 0 Å². The number of carbonyl (C=O) groups is 1. The van der Waals surface area contributed by atoms with Crippen molar-refractivity contribution in [2.24, 2.45) is 0 Å². The summed E-state index contributed by atoms with van der Waals surface area (Å²) < 4.78 is 5.18. The Hall–Kier alpha value is -2.76. The lowest BCUT2D eigenvalue weighted by molar-refractivity contribution is 0.102. The first-order chi connectivity index (χ1) is 12.5. The van der Waals surface area contributed by atoms with Gasteiger partial charge in [0.25, 0.3) is 11.5 Å². The minimum Gasteiger partial charge on any atom is -0.495 e. The molecule has 0 aliphatic carbocycles. The Labute approximate surface area is 159 Å². The zero-order chi connectivity index (χ0) is 18.7. The van der Waals surface area contributed by atoms with E-state index < -0.39 is 11.5 Å². The molecule has 1 aromatic heterocycles. The summed E-state index contributed by atoms with van der Waals surface area (Å²) in [6.45, 7) is 0. The quantitative estimate of drug-likeness (QED) is 0.685. The van der Waals surface area contributed by atoms with Crippen LogP contribution in [0.15, 0.2) is 59.4 Å². The molecule has 0 radical (unpaired) electrons. The second-order valence-corrected chi connectivity index (χ2v) is 6.29. The molecule has 0 fully saturated rings. The van der Waals surface area contributed by atoms with Crippen molar-refractivity contribution in [3.05, 3.63) is 80.6 Å². The van der Waals surface area contributed by atoms with Crippen molar-refractivity contribution >= 4 is 34.8 Å². The molecule has 26 heavy (non-hydrogen) atoms. The molecule has 0 bridgehead atoms. The lowest BCUT2D eigenvalue weighted by atomic mass is 10.1. The van der Waals surface area contributed by atoms with E-state index in [-0.39, 0.29) is 5.56 Å². The fraction of sp³-hybridized carbons (Fsp3) is 0.0526. The topological polar surface area (TPSA) is 71.2 Å². The number of amides is 1. The predicted octanol–water partition coefficient (Wildman–Crippen LogP) is 4.61. The van der Waals surface area contributed by atoms with E-state index in [2.05, 4.69) is 10.3 Å². The molecule has 0 unspecified atom stereocenters. The van der Waals surface area contributed by atoms with Gasteiger partial charge < -0.3 is 15.0 Å². The summed E-state index contributed by atoms with van der Waals surface area (Å²) in [7, 11) is 1.48. The lowest BCUT2D eigenvalue weighted by Gasteiger charge is -2.10. The number of ether oxygens (including phenoxy) is 1. The number of carbonyl (C=O) groups excluding carboxylic acids is 1. The molecular formula is C19H14Cl2N2O3. The predicted molar refractivity (Wildman–Crippen MR) is 103 cm³/mol. The maximum atomic E-state index is 12.5. The maximum Gasteiger partial charge on any atom is 0.261 e. The molecule has 0 saturated carbocycles. The van der Waals surface area contributed by atoms with Gasteiger partial charge in [0.05, 0.1) is 12.8 Å². The number of hydrogen-bond donors (Lipinski definition) is 2. The molecule has 0 aliphatic heterocycles. The van der Waals surface area contributed by atoms with Crippen LogP contribution < -0.4 is 15.6 Å². The number of H-pyrrole nitrogens is 1. The zero-order valence-electron chi connectivity index (χ0n) is 13.7. The molecule has 1 amide bonds. The van der Waals surface area contributed by atoms with Crippen LogP contribution in [0.2, 0.25) is 10.0 Å². The van der Waals surface area contributed by atoms with Crippen LogP contribution in [0, 0.1) is 0 Å². The highest BCUT2D eigenvalue weighted by Gasteiger charge is 2.14. The minimum absolute atomic E-state index is 0.0234. The van der Waals surface area contributed by atoms with E-state index >= 15 is 0 Å². The summed E-state index contributed by atoms with van der Waals surface area (Å²) in [5.41, 5.74) is 1.23. The molecule has 0 atom stereocenters.